The van der Waals surface area contributed by atoms with Crippen LogP contribution < -0.4 is 21.4 Å². The summed E-state index contributed by atoms with van der Waals surface area (Å²) >= 11 is 0. The van der Waals surface area contributed by atoms with E-state index in [0.29, 0.717) is 12.5 Å². The van der Waals surface area contributed by atoms with Crippen LogP contribution in [0.3, 0.4) is 0 Å². The van der Waals surface area contributed by atoms with Gasteiger partial charge in [0.15, 0.2) is 8.07 Å². The number of nitrogens with one attached hydrogen (secondary N) is 1. The van der Waals surface area contributed by atoms with Crippen molar-refractivity contribution in [3.63, 3.8) is 0 Å². The van der Waals surface area contributed by atoms with Crippen molar-refractivity contribution in [2.45, 2.75) is 18.5 Å². The molecule has 3 nitrogen and oxygen atoms in total. The van der Waals surface area contributed by atoms with E-state index in [1.54, 1.807) is 0 Å². The molecule has 0 bridgehead atoms. The van der Waals surface area contributed by atoms with Crippen LogP contribution in [-0.2, 0) is 0 Å². The number of nitrogens with zero attached hydrogens (tertiary/aromatic N) is 1. The Morgan fingerprint density at radius 2 is 1.53 bits per heavy atom. The van der Waals surface area contributed by atoms with E-state index >= 15 is 0 Å². The summed E-state index contributed by atoms with van der Waals surface area (Å²) in [4.78, 5) is 0. The number of hydrogen-bond acceptors (Lipinski definition) is 2. The van der Waals surface area contributed by atoms with Crippen LogP contribution in [0, 0.1) is 5.92 Å². The summed E-state index contributed by atoms with van der Waals surface area (Å²) in [5.41, 5.74) is 10.3. The molecular weight excluding hydrogens is 478 g/mol. The lowest BCUT2D eigenvalue weighted by Crippen LogP contribution is -2.73. The molecule has 0 spiro atoms. The molecule has 0 amide bonds. The first-order valence-electron chi connectivity index (χ1n) is 13.7. The highest BCUT2D eigenvalue weighted by Gasteiger charge is 2.63. The van der Waals surface area contributed by atoms with Crippen molar-refractivity contribution >= 4 is 40.3 Å². The molecule has 1 saturated heterocycles. The van der Waals surface area contributed by atoms with Crippen molar-refractivity contribution in [1.29, 1.82) is 0 Å². The van der Waals surface area contributed by atoms with Gasteiger partial charge < -0.3 is 15.6 Å². The second-order valence-electron chi connectivity index (χ2n) is 10.9. The second-order valence-corrected chi connectivity index (χ2v) is 15.1. The third-order valence-corrected chi connectivity index (χ3v) is 14.4. The SMILES string of the molecule is C[C@H]1C=CC([Si@](c2ccccc2)(c2ccc3c(c2)c2ccccc2n3-c2ccccc2)[C@@]2(CN)CN2)=CC1. The minimum absolute atomic E-state index is 0.101. The van der Waals surface area contributed by atoms with Gasteiger partial charge in [-0.3, -0.25) is 0 Å². The summed E-state index contributed by atoms with van der Waals surface area (Å²) in [5, 5.41) is 10.6. The van der Waals surface area contributed by atoms with Gasteiger partial charge in [-0.15, -0.1) is 0 Å². The first-order chi connectivity index (χ1) is 18.7. The number of rotatable bonds is 6. The fourth-order valence-corrected chi connectivity index (χ4v) is 12.5. The van der Waals surface area contributed by atoms with Crippen molar-refractivity contribution < 1.29 is 0 Å². The molecule has 1 aromatic heterocycles. The zero-order valence-corrected chi connectivity index (χ0v) is 22.8. The molecular formula is C34H33N3Si. The van der Waals surface area contributed by atoms with Crippen molar-refractivity contribution in [1.82, 2.24) is 9.88 Å². The highest BCUT2D eigenvalue weighted by atomic mass is 28.3. The van der Waals surface area contributed by atoms with Gasteiger partial charge in [-0.25, -0.2) is 0 Å². The van der Waals surface area contributed by atoms with Crippen LogP contribution in [-0.4, -0.2) is 30.9 Å². The van der Waals surface area contributed by atoms with Crippen LogP contribution >= 0.6 is 0 Å². The predicted octanol–water partition coefficient (Wildman–Crippen LogP) is 5.25. The fourth-order valence-electron chi connectivity index (χ4n) is 6.75. The maximum Gasteiger partial charge on any atom is 0.170 e. The van der Waals surface area contributed by atoms with Crippen molar-refractivity contribution in [2.24, 2.45) is 11.7 Å². The van der Waals surface area contributed by atoms with Crippen molar-refractivity contribution in [3.05, 3.63) is 127 Å². The Balaban J connectivity index is 1.56. The molecule has 2 heterocycles. The van der Waals surface area contributed by atoms with E-state index in [1.807, 2.05) is 0 Å². The van der Waals surface area contributed by atoms with E-state index in [1.165, 1.54) is 43.1 Å². The minimum atomic E-state index is -2.54. The number of nitrogens with two attached hydrogens (primary N) is 1. The largest absolute Gasteiger partial charge is 0.329 e. The van der Waals surface area contributed by atoms with Crippen LogP contribution in [0.25, 0.3) is 27.5 Å². The monoisotopic (exact) mass is 511 g/mol. The van der Waals surface area contributed by atoms with Gasteiger partial charge in [0.2, 0.25) is 0 Å². The number of fused-ring (bicyclic) bond motifs is 3. The Morgan fingerprint density at radius 1 is 0.842 bits per heavy atom. The molecule has 38 heavy (non-hydrogen) atoms. The summed E-state index contributed by atoms with van der Waals surface area (Å²) in [6.45, 7) is 3.88. The average molecular weight is 512 g/mol. The van der Waals surface area contributed by atoms with Crippen molar-refractivity contribution in [2.75, 3.05) is 13.1 Å². The lowest BCUT2D eigenvalue weighted by Gasteiger charge is -2.41. The van der Waals surface area contributed by atoms with Crippen LogP contribution in [0.2, 0.25) is 0 Å². The zero-order chi connectivity index (χ0) is 25.7. The Morgan fingerprint density at radius 3 is 2.21 bits per heavy atom. The molecule has 7 rings (SSSR count). The van der Waals surface area contributed by atoms with E-state index in [4.69, 9.17) is 5.73 Å². The van der Waals surface area contributed by atoms with Gasteiger partial charge in [0, 0.05) is 34.7 Å². The molecule has 1 aliphatic heterocycles. The molecule has 0 radical (unpaired) electrons. The summed E-state index contributed by atoms with van der Waals surface area (Å²) in [6.07, 6.45) is 8.40. The lowest BCUT2D eigenvalue weighted by atomic mass is 10.0. The summed E-state index contributed by atoms with van der Waals surface area (Å²) in [5.74, 6) is 0.563. The third kappa shape index (κ3) is 3.34. The Hall–Kier alpha value is -3.70. The van der Waals surface area contributed by atoms with Crippen LogP contribution in [0.4, 0.5) is 0 Å². The summed E-state index contributed by atoms with van der Waals surface area (Å²) < 4.78 is 2.40. The zero-order valence-electron chi connectivity index (χ0n) is 21.8. The number of aromatic nitrogens is 1. The third-order valence-electron chi connectivity index (χ3n) is 8.74. The molecule has 1 aliphatic carbocycles. The topological polar surface area (TPSA) is 52.9 Å². The van der Waals surface area contributed by atoms with Crippen molar-refractivity contribution in [3.8, 4) is 5.69 Å². The molecule has 3 N–H and O–H groups in total. The second kappa shape index (κ2) is 8.95. The lowest BCUT2D eigenvalue weighted by molar-refractivity contribution is 0.732. The van der Waals surface area contributed by atoms with Gasteiger partial charge in [-0.2, -0.15) is 0 Å². The molecule has 4 heteroatoms. The highest BCUT2D eigenvalue weighted by Crippen LogP contribution is 2.39. The quantitative estimate of drug-likeness (QED) is 0.242. The molecule has 4 aromatic carbocycles. The average Bonchev–Trinajstić information content (AvgIpc) is 3.71. The smallest absolute Gasteiger partial charge is 0.170 e. The standard InChI is InChI=1S/C34H33N3Si/c1-25-16-18-28(19-17-25)38(34(23-35)24-36-34,27-12-6-3-7-13-27)29-20-21-33-31(22-29)30-14-8-9-15-32(30)37(33)26-10-4-2-5-11-26/h2-16,18-22,25,36H,17,23-24,35H2,1H3/t25-,34-,38+/m0/s1. The van der Waals surface area contributed by atoms with Crippen LogP contribution in [0.1, 0.15) is 13.3 Å². The van der Waals surface area contributed by atoms with E-state index in [9.17, 15) is 0 Å². The number of allylic oxidation sites excluding steroid dienone is 4. The Bertz CT molecular complexity index is 1700. The van der Waals surface area contributed by atoms with Crippen LogP contribution in [0.5, 0.6) is 0 Å². The Labute approximate surface area is 225 Å². The first kappa shape index (κ1) is 23.4. The summed E-state index contributed by atoms with van der Waals surface area (Å²) in [6, 6.07) is 38.0. The van der Waals surface area contributed by atoms with Gasteiger partial charge >= 0.3 is 0 Å². The van der Waals surface area contributed by atoms with Gasteiger partial charge in [0.1, 0.15) is 0 Å². The Kier molecular flexibility index (Phi) is 5.51. The molecule has 0 unspecified atom stereocenters. The number of benzene rings is 4. The maximum atomic E-state index is 6.66. The van der Waals surface area contributed by atoms with Gasteiger partial charge in [-0.05, 0) is 47.0 Å². The van der Waals surface area contributed by atoms with E-state index < -0.39 is 8.07 Å². The minimum Gasteiger partial charge on any atom is -0.329 e. The predicted molar refractivity (Wildman–Crippen MR) is 163 cm³/mol. The van der Waals surface area contributed by atoms with Gasteiger partial charge in [-0.1, -0.05) is 109 Å². The highest BCUT2D eigenvalue weighted by molar-refractivity contribution is 7.10. The number of hydrogen-bond donors (Lipinski definition) is 2. The molecule has 188 valence electrons. The summed E-state index contributed by atoms with van der Waals surface area (Å²) in [7, 11) is -2.54. The maximum absolute atomic E-state index is 6.66. The molecule has 3 atom stereocenters. The van der Waals surface area contributed by atoms with Crippen LogP contribution in [0.15, 0.2) is 127 Å². The van der Waals surface area contributed by atoms with E-state index in [2.05, 4.69) is 138 Å². The molecule has 1 fully saturated rings. The normalized spacial score (nSPS) is 22.4. The first-order valence-corrected chi connectivity index (χ1v) is 15.7. The van der Waals surface area contributed by atoms with E-state index in [0.717, 1.165) is 13.0 Å². The van der Waals surface area contributed by atoms with Gasteiger partial charge in [0.05, 0.1) is 11.0 Å². The molecule has 2 aliphatic rings. The molecule has 0 saturated carbocycles. The van der Waals surface area contributed by atoms with E-state index in [-0.39, 0.29) is 5.16 Å². The fraction of sp³-hybridized carbons (Fsp3) is 0.176. The number of para-hydroxylation sites is 2. The van der Waals surface area contributed by atoms with Gasteiger partial charge in [0.25, 0.3) is 0 Å². The molecule has 5 aromatic rings.